The fraction of sp³-hybridized carbons (Fsp3) is 0.296. The largest absolute Gasteiger partial charge is 0.497 e. The van der Waals surface area contributed by atoms with Crippen molar-refractivity contribution in [3.63, 3.8) is 0 Å². The highest BCUT2D eigenvalue weighted by molar-refractivity contribution is 6.09. The first-order chi connectivity index (χ1) is 17.1. The molecule has 0 bridgehead atoms. The maximum absolute atomic E-state index is 13.6. The van der Waals surface area contributed by atoms with Crippen LogP contribution in [0.4, 0.5) is 5.69 Å². The lowest BCUT2D eigenvalue weighted by Crippen LogP contribution is -2.38. The van der Waals surface area contributed by atoms with Crippen molar-refractivity contribution in [3.8, 4) is 11.8 Å². The van der Waals surface area contributed by atoms with Crippen molar-refractivity contribution in [1.29, 1.82) is 5.26 Å². The highest BCUT2D eigenvalue weighted by atomic mass is 16.5. The Morgan fingerprint density at radius 1 is 1.14 bits per heavy atom. The Kier molecular flexibility index (Phi) is 8.22. The number of aromatic nitrogens is 2. The number of carbonyl (C=O) groups is 2. The molecule has 3 aromatic rings. The first-order valence-electron chi connectivity index (χ1n) is 11.5. The second-order valence-electron chi connectivity index (χ2n) is 8.74. The third kappa shape index (κ3) is 5.96. The van der Waals surface area contributed by atoms with Crippen molar-refractivity contribution >= 4 is 17.4 Å². The Labute approximate surface area is 208 Å². The minimum Gasteiger partial charge on any atom is -0.497 e. The predicted molar refractivity (Wildman–Crippen MR) is 136 cm³/mol. The highest BCUT2D eigenvalue weighted by Gasteiger charge is 2.25. The number of carbonyl (C=O) groups excluding carboxylic acids is 2. The SMILES string of the molecule is COc1ccc(NC(=O)CCCn2c(C(=O)c3cc(C)cc(C#N)c3)c(C(C)C)c(=O)[nH]c2=O)cc1. The number of benzene rings is 2. The second-order valence-corrected chi connectivity index (χ2v) is 8.74. The smallest absolute Gasteiger partial charge is 0.328 e. The molecule has 0 radical (unpaired) electrons. The monoisotopic (exact) mass is 488 g/mol. The Bertz CT molecular complexity index is 1440. The van der Waals surface area contributed by atoms with Gasteiger partial charge >= 0.3 is 5.69 Å². The fourth-order valence-electron chi connectivity index (χ4n) is 3.99. The molecule has 9 heteroatoms. The molecule has 0 saturated carbocycles. The van der Waals surface area contributed by atoms with Crippen molar-refractivity contribution in [2.45, 2.75) is 46.1 Å². The Balaban J connectivity index is 1.90. The second kappa shape index (κ2) is 11.3. The van der Waals surface area contributed by atoms with Crippen LogP contribution in [0.25, 0.3) is 0 Å². The molecule has 1 aromatic heterocycles. The van der Waals surface area contributed by atoms with Gasteiger partial charge in [0.05, 0.1) is 18.7 Å². The number of nitrogens with zero attached hydrogens (tertiary/aromatic N) is 2. The summed E-state index contributed by atoms with van der Waals surface area (Å²) in [5.74, 6) is -0.464. The van der Waals surface area contributed by atoms with Crippen molar-refractivity contribution in [3.05, 3.63) is 91.3 Å². The molecule has 0 fully saturated rings. The average molecular weight is 489 g/mol. The predicted octanol–water partition coefficient (Wildman–Crippen LogP) is 3.50. The van der Waals surface area contributed by atoms with E-state index in [4.69, 9.17) is 4.74 Å². The normalized spacial score (nSPS) is 10.7. The van der Waals surface area contributed by atoms with Crippen LogP contribution in [-0.2, 0) is 11.3 Å². The Morgan fingerprint density at radius 2 is 1.83 bits per heavy atom. The molecule has 0 aliphatic rings. The standard InChI is InChI=1S/C27H28N4O5/c1-16(2)23-24(25(33)19-13-17(3)12-18(14-19)15-28)31(27(35)30-26(23)34)11-5-6-22(32)29-20-7-9-21(36-4)10-8-20/h7-10,12-14,16H,5-6,11H2,1-4H3,(H,29,32)(H,30,34,35). The van der Waals surface area contributed by atoms with Gasteiger partial charge in [0.25, 0.3) is 5.56 Å². The van der Waals surface area contributed by atoms with E-state index in [1.54, 1.807) is 64.3 Å². The van der Waals surface area contributed by atoms with E-state index in [0.717, 1.165) is 0 Å². The van der Waals surface area contributed by atoms with Gasteiger partial charge in [-0.2, -0.15) is 5.26 Å². The number of ketones is 1. The summed E-state index contributed by atoms with van der Waals surface area (Å²) in [5.41, 5.74) is 0.635. The molecular weight excluding hydrogens is 460 g/mol. The number of rotatable bonds is 9. The molecule has 0 aliphatic carbocycles. The molecule has 1 amide bonds. The minimum absolute atomic E-state index is 0.0243. The molecule has 1 heterocycles. The molecule has 2 aromatic carbocycles. The third-order valence-corrected chi connectivity index (χ3v) is 5.66. The Morgan fingerprint density at radius 3 is 2.44 bits per heavy atom. The molecule has 36 heavy (non-hydrogen) atoms. The maximum atomic E-state index is 13.6. The number of hydrogen-bond donors (Lipinski definition) is 2. The first kappa shape index (κ1) is 26.2. The van der Waals surface area contributed by atoms with Crippen LogP contribution in [0.5, 0.6) is 5.75 Å². The summed E-state index contributed by atoms with van der Waals surface area (Å²) in [6, 6.07) is 13.6. The number of ether oxygens (including phenoxy) is 1. The topological polar surface area (TPSA) is 134 Å². The van der Waals surface area contributed by atoms with Crippen molar-refractivity contribution < 1.29 is 14.3 Å². The average Bonchev–Trinajstić information content (AvgIpc) is 2.84. The summed E-state index contributed by atoms with van der Waals surface area (Å²) in [7, 11) is 1.55. The van der Waals surface area contributed by atoms with Crippen LogP contribution in [0.2, 0.25) is 0 Å². The number of anilines is 1. The van der Waals surface area contributed by atoms with Crippen molar-refractivity contribution in [2.75, 3.05) is 12.4 Å². The van der Waals surface area contributed by atoms with Crippen LogP contribution in [0.1, 0.15) is 65.3 Å². The van der Waals surface area contributed by atoms with Crippen molar-refractivity contribution in [2.24, 2.45) is 0 Å². The highest BCUT2D eigenvalue weighted by Crippen LogP contribution is 2.20. The van der Waals surface area contributed by atoms with Crippen LogP contribution < -0.4 is 21.3 Å². The van der Waals surface area contributed by atoms with E-state index >= 15 is 0 Å². The molecule has 186 valence electrons. The minimum atomic E-state index is -0.725. The number of nitrogens with one attached hydrogen (secondary N) is 2. The van der Waals surface area contributed by atoms with E-state index in [1.807, 2.05) is 6.07 Å². The summed E-state index contributed by atoms with van der Waals surface area (Å²) < 4.78 is 6.32. The molecular formula is C27H28N4O5. The number of H-pyrrole nitrogens is 1. The first-order valence-corrected chi connectivity index (χ1v) is 11.5. The number of aryl methyl sites for hydroxylation is 1. The van der Waals surface area contributed by atoms with E-state index in [9.17, 15) is 24.4 Å². The lowest BCUT2D eigenvalue weighted by molar-refractivity contribution is -0.116. The summed E-state index contributed by atoms with van der Waals surface area (Å²) in [4.78, 5) is 53.8. The molecule has 0 unspecified atom stereocenters. The summed E-state index contributed by atoms with van der Waals surface area (Å²) in [6.07, 6.45) is 0.342. The van der Waals surface area contributed by atoms with Gasteiger partial charge in [0.2, 0.25) is 11.7 Å². The van der Waals surface area contributed by atoms with Crippen LogP contribution in [0, 0.1) is 18.3 Å². The zero-order valence-corrected chi connectivity index (χ0v) is 20.7. The number of amides is 1. The van der Waals surface area contributed by atoms with Crippen LogP contribution in [0.15, 0.2) is 52.1 Å². The van der Waals surface area contributed by atoms with Crippen LogP contribution in [-0.4, -0.2) is 28.4 Å². The lowest BCUT2D eigenvalue weighted by atomic mass is 9.95. The van der Waals surface area contributed by atoms with Gasteiger partial charge in [0.15, 0.2) is 0 Å². The molecule has 3 rings (SSSR count). The number of nitriles is 1. The molecule has 0 spiro atoms. The van der Waals surface area contributed by atoms with Gasteiger partial charge in [-0.1, -0.05) is 13.8 Å². The van der Waals surface area contributed by atoms with Gasteiger partial charge in [-0.05, 0) is 67.3 Å². The molecule has 0 saturated heterocycles. The molecule has 9 nitrogen and oxygen atoms in total. The van der Waals surface area contributed by atoms with Gasteiger partial charge < -0.3 is 10.1 Å². The Hall–Kier alpha value is -4.45. The van der Waals surface area contributed by atoms with Gasteiger partial charge in [-0.3, -0.25) is 23.9 Å². The fourth-order valence-corrected chi connectivity index (χ4v) is 3.99. The van der Waals surface area contributed by atoms with Gasteiger partial charge in [0, 0.05) is 29.8 Å². The van der Waals surface area contributed by atoms with Crippen molar-refractivity contribution in [1.82, 2.24) is 9.55 Å². The van der Waals surface area contributed by atoms with Gasteiger partial charge in [-0.15, -0.1) is 0 Å². The summed E-state index contributed by atoms with van der Waals surface area (Å²) >= 11 is 0. The number of hydrogen-bond acceptors (Lipinski definition) is 6. The zero-order chi connectivity index (χ0) is 26.4. The summed E-state index contributed by atoms with van der Waals surface area (Å²) in [6.45, 7) is 5.32. The lowest BCUT2D eigenvalue weighted by Gasteiger charge is -2.17. The van der Waals surface area contributed by atoms with E-state index in [-0.39, 0.29) is 48.0 Å². The van der Waals surface area contributed by atoms with E-state index < -0.39 is 17.0 Å². The quantitative estimate of drug-likeness (QED) is 0.443. The number of aromatic amines is 1. The number of methoxy groups -OCH3 is 1. The zero-order valence-electron chi connectivity index (χ0n) is 20.7. The van der Waals surface area contributed by atoms with E-state index in [2.05, 4.69) is 10.3 Å². The molecule has 2 N–H and O–H groups in total. The van der Waals surface area contributed by atoms with E-state index in [0.29, 0.717) is 22.6 Å². The van der Waals surface area contributed by atoms with Crippen LogP contribution in [0.3, 0.4) is 0 Å². The van der Waals surface area contributed by atoms with Gasteiger partial charge in [0.1, 0.15) is 11.4 Å². The molecule has 0 atom stereocenters. The van der Waals surface area contributed by atoms with E-state index in [1.165, 1.54) is 10.6 Å². The maximum Gasteiger partial charge on any atom is 0.328 e. The third-order valence-electron chi connectivity index (χ3n) is 5.66. The molecule has 0 aliphatic heterocycles. The van der Waals surface area contributed by atoms with Gasteiger partial charge in [-0.25, -0.2) is 4.79 Å². The van der Waals surface area contributed by atoms with Crippen LogP contribution >= 0.6 is 0 Å². The summed E-state index contributed by atoms with van der Waals surface area (Å²) in [5, 5.41) is 12.1.